The lowest BCUT2D eigenvalue weighted by Gasteiger charge is -2.21. The van der Waals surface area contributed by atoms with Crippen molar-refractivity contribution in [2.45, 2.75) is 11.8 Å². The molecule has 0 saturated carbocycles. The molecule has 1 saturated heterocycles. The van der Waals surface area contributed by atoms with E-state index in [1.54, 1.807) is 6.07 Å². The van der Waals surface area contributed by atoms with E-state index in [1.165, 1.54) is 5.56 Å². The number of phenolic OH excluding ortho intramolecular Hbond substituents is 1. The molecule has 1 spiro atoms. The van der Waals surface area contributed by atoms with Crippen molar-refractivity contribution in [3.05, 3.63) is 23.8 Å². The number of nitrogens with one attached hydrogen (secondary N) is 2. The van der Waals surface area contributed by atoms with E-state index in [0.717, 1.165) is 31.7 Å². The van der Waals surface area contributed by atoms with Crippen LogP contribution in [0.15, 0.2) is 18.2 Å². The highest BCUT2D eigenvalue weighted by Gasteiger charge is 2.41. The number of benzene rings is 1. The summed E-state index contributed by atoms with van der Waals surface area (Å²) in [6.07, 6.45) is 1.16. The molecule has 0 aromatic heterocycles. The molecule has 2 aliphatic rings. The number of rotatable bonds is 0. The van der Waals surface area contributed by atoms with Crippen LogP contribution in [0.1, 0.15) is 12.0 Å². The molecule has 0 bridgehead atoms. The van der Waals surface area contributed by atoms with Crippen molar-refractivity contribution in [1.82, 2.24) is 5.32 Å². The lowest BCUT2D eigenvalue weighted by atomic mass is 9.82. The van der Waals surface area contributed by atoms with Crippen LogP contribution in [0.25, 0.3) is 0 Å². The van der Waals surface area contributed by atoms with Crippen LogP contribution in [0.3, 0.4) is 0 Å². The zero-order chi connectivity index (χ0) is 9.60. The van der Waals surface area contributed by atoms with Crippen LogP contribution in [-0.4, -0.2) is 24.7 Å². The first-order valence-corrected chi connectivity index (χ1v) is 5.09. The predicted octanol–water partition coefficient (Wildman–Crippen LogP) is 1.05. The number of para-hydroxylation sites is 1. The summed E-state index contributed by atoms with van der Waals surface area (Å²) in [6, 6.07) is 5.80. The van der Waals surface area contributed by atoms with E-state index in [4.69, 9.17) is 0 Å². The monoisotopic (exact) mass is 190 g/mol. The summed E-state index contributed by atoms with van der Waals surface area (Å²) in [7, 11) is 0. The second-order valence-corrected chi connectivity index (χ2v) is 4.26. The molecule has 3 heteroatoms. The zero-order valence-corrected chi connectivity index (χ0v) is 8.01. The van der Waals surface area contributed by atoms with Crippen LogP contribution in [0.2, 0.25) is 0 Å². The normalized spacial score (nSPS) is 29.1. The second kappa shape index (κ2) is 2.64. The van der Waals surface area contributed by atoms with Crippen molar-refractivity contribution in [2.24, 2.45) is 0 Å². The van der Waals surface area contributed by atoms with Gasteiger partial charge in [-0.3, -0.25) is 0 Å². The predicted molar refractivity (Wildman–Crippen MR) is 55.8 cm³/mol. The van der Waals surface area contributed by atoms with E-state index < -0.39 is 0 Å². The first-order valence-electron chi connectivity index (χ1n) is 5.09. The van der Waals surface area contributed by atoms with E-state index in [-0.39, 0.29) is 5.41 Å². The maximum absolute atomic E-state index is 9.69. The Hall–Kier alpha value is -1.22. The van der Waals surface area contributed by atoms with E-state index in [0.29, 0.717) is 5.75 Å². The van der Waals surface area contributed by atoms with Crippen molar-refractivity contribution in [2.75, 3.05) is 25.0 Å². The van der Waals surface area contributed by atoms with Crippen molar-refractivity contribution in [1.29, 1.82) is 0 Å². The van der Waals surface area contributed by atoms with Crippen LogP contribution >= 0.6 is 0 Å². The molecule has 2 aliphatic heterocycles. The lowest BCUT2D eigenvalue weighted by Crippen LogP contribution is -2.30. The summed E-state index contributed by atoms with van der Waals surface area (Å²) in [5.74, 6) is 0.381. The quantitative estimate of drug-likeness (QED) is 0.536. The Morgan fingerprint density at radius 2 is 2.21 bits per heavy atom. The maximum atomic E-state index is 9.69. The lowest BCUT2D eigenvalue weighted by molar-refractivity contribution is 0.476. The van der Waals surface area contributed by atoms with E-state index in [1.807, 2.05) is 6.07 Å². The average Bonchev–Trinajstić information content (AvgIpc) is 2.78. The topological polar surface area (TPSA) is 44.3 Å². The van der Waals surface area contributed by atoms with E-state index >= 15 is 0 Å². The molecule has 0 radical (unpaired) electrons. The van der Waals surface area contributed by atoms with Crippen LogP contribution < -0.4 is 10.6 Å². The highest BCUT2D eigenvalue weighted by Crippen LogP contribution is 2.44. The van der Waals surface area contributed by atoms with Gasteiger partial charge in [0.1, 0.15) is 5.75 Å². The maximum Gasteiger partial charge on any atom is 0.138 e. The molecule has 3 nitrogen and oxygen atoms in total. The SMILES string of the molecule is Oc1cccc2c1NCC21CCNC1. The Bertz CT molecular complexity index is 370. The van der Waals surface area contributed by atoms with Crippen molar-refractivity contribution >= 4 is 5.69 Å². The molecule has 1 atom stereocenters. The number of phenols is 1. The highest BCUT2D eigenvalue weighted by molar-refractivity contribution is 5.68. The minimum atomic E-state index is 0.230. The van der Waals surface area contributed by atoms with Gasteiger partial charge in [-0.1, -0.05) is 12.1 Å². The first kappa shape index (κ1) is 8.12. The molecule has 0 aliphatic carbocycles. The Balaban J connectivity index is 2.14. The van der Waals surface area contributed by atoms with Gasteiger partial charge in [0.15, 0.2) is 0 Å². The molecule has 1 aromatic carbocycles. The van der Waals surface area contributed by atoms with Gasteiger partial charge in [-0.15, -0.1) is 0 Å². The summed E-state index contributed by atoms with van der Waals surface area (Å²) >= 11 is 0. The van der Waals surface area contributed by atoms with Gasteiger partial charge < -0.3 is 15.7 Å². The molecule has 0 amide bonds. The molecule has 1 unspecified atom stereocenters. The van der Waals surface area contributed by atoms with E-state index in [9.17, 15) is 5.11 Å². The third-order valence-corrected chi connectivity index (χ3v) is 3.46. The number of fused-ring (bicyclic) bond motifs is 2. The molecule has 2 heterocycles. The summed E-state index contributed by atoms with van der Waals surface area (Å²) in [5.41, 5.74) is 2.45. The molecular formula is C11H14N2O. The smallest absolute Gasteiger partial charge is 0.138 e. The molecule has 1 fully saturated rings. The van der Waals surface area contributed by atoms with Gasteiger partial charge in [0, 0.05) is 18.5 Å². The molecule has 14 heavy (non-hydrogen) atoms. The standard InChI is InChI=1S/C11H14N2O/c14-9-3-1-2-8-10(9)13-7-11(8)4-5-12-6-11/h1-3,12-14H,4-7H2. The van der Waals surface area contributed by atoms with Gasteiger partial charge in [0.05, 0.1) is 5.69 Å². The van der Waals surface area contributed by atoms with Gasteiger partial charge in [0.25, 0.3) is 0 Å². The van der Waals surface area contributed by atoms with Crippen molar-refractivity contribution in [3.63, 3.8) is 0 Å². The van der Waals surface area contributed by atoms with Gasteiger partial charge >= 0.3 is 0 Å². The summed E-state index contributed by atoms with van der Waals surface area (Å²) in [4.78, 5) is 0. The second-order valence-electron chi connectivity index (χ2n) is 4.26. The Morgan fingerprint density at radius 1 is 1.29 bits per heavy atom. The van der Waals surface area contributed by atoms with Crippen LogP contribution in [0, 0.1) is 0 Å². The molecule has 74 valence electrons. The van der Waals surface area contributed by atoms with Crippen LogP contribution in [0.5, 0.6) is 5.75 Å². The minimum absolute atomic E-state index is 0.230. The summed E-state index contributed by atoms with van der Waals surface area (Å²) < 4.78 is 0. The van der Waals surface area contributed by atoms with E-state index in [2.05, 4.69) is 16.7 Å². The first-order chi connectivity index (χ1) is 6.82. The molecule has 3 N–H and O–H groups in total. The number of aromatic hydroxyl groups is 1. The van der Waals surface area contributed by atoms with Crippen LogP contribution in [0.4, 0.5) is 5.69 Å². The fourth-order valence-corrected chi connectivity index (χ4v) is 2.65. The largest absolute Gasteiger partial charge is 0.506 e. The fraction of sp³-hybridized carbons (Fsp3) is 0.455. The van der Waals surface area contributed by atoms with Crippen molar-refractivity contribution < 1.29 is 5.11 Å². The number of hydrogen-bond donors (Lipinski definition) is 3. The van der Waals surface area contributed by atoms with Gasteiger partial charge in [-0.2, -0.15) is 0 Å². The summed E-state index contributed by atoms with van der Waals surface area (Å²) in [6.45, 7) is 3.06. The zero-order valence-electron chi connectivity index (χ0n) is 8.01. The van der Waals surface area contributed by atoms with Gasteiger partial charge in [-0.05, 0) is 24.6 Å². The third kappa shape index (κ3) is 0.904. The number of anilines is 1. The van der Waals surface area contributed by atoms with Gasteiger partial charge in [-0.25, -0.2) is 0 Å². The fourth-order valence-electron chi connectivity index (χ4n) is 2.65. The Labute approximate surface area is 83.1 Å². The Kier molecular flexibility index (Phi) is 1.53. The minimum Gasteiger partial charge on any atom is -0.506 e. The average molecular weight is 190 g/mol. The third-order valence-electron chi connectivity index (χ3n) is 3.46. The van der Waals surface area contributed by atoms with Crippen LogP contribution in [-0.2, 0) is 5.41 Å². The number of hydrogen-bond acceptors (Lipinski definition) is 3. The molecule has 3 rings (SSSR count). The van der Waals surface area contributed by atoms with Crippen molar-refractivity contribution in [3.8, 4) is 5.75 Å². The van der Waals surface area contributed by atoms with Gasteiger partial charge in [0.2, 0.25) is 0 Å². The summed E-state index contributed by atoms with van der Waals surface area (Å²) in [5, 5.41) is 16.4. The molecule has 1 aromatic rings. The Morgan fingerprint density at radius 3 is 3.00 bits per heavy atom. The highest BCUT2D eigenvalue weighted by atomic mass is 16.3. The molecular weight excluding hydrogens is 176 g/mol.